The van der Waals surface area contributed by atoms with E-state index in [9.17, 15) is 26.4 Å². The van der Waals surface area contributed by atoms with Crippen LogP contribution in [0.3, 0.4) is 0 Å². The maximum absolute atomic E-state index is 12.9. The average Bonchev–Trinajstić information content (AvgIpc) is 2.95. The molecule has 0 saturated heterocycles. The van der Waals surface area contributed by atoms with Gasteiger partial charge in [-0.2, -0.15) is 21.6 Å². The summed E-state index contributed by atoms with van der Waals surface area (Å²) >= 11 is 0. The van der Waals surface area contributed by atoms with Gasteiger partial charge in [0.1, 0.15) is 0 Å². The van der Waals surface area contributed by atoms with Crippen LogP contribution in [0, 0.1) is 0 Å². The molecule has 5 nitrogen and oxygen atoms in total. The van der Waals surface area contributed by atoms with E-state index in [1.165, 1.54) is 12.1 Å². The molecule has 0 aromatic heterocycles. The lowest BCUT2D eigenvalue weighted by Gasteiger charge is -2.23. The van der Waals surface area contributed by atoms with Gasteiger partial charge in [0.2, 0.25) is 0 Å². The third-order valence-electron chi connectivity index (χ3n) is 4.17. The molecule has 27 heavy (non-hydrogen) atoms. The van der Waals surface area contributed by atoms with Crippen molar-refractivity contribution in [1.82, 2.24) is 0 Å². The SMILES string of the molecule is C[C@@H]1Cc2ccccc2N1C(=O)c1cccc(S(=O)(=O)OCC(F)(F)F)c1. The molecule has 3 rings (SSSR count). The summed E-state index contributed by atoms with van der Waals surface area (Å²) in [5.74, 6) is -0.430. The highest BCUT2D eigenvalue weighted by Crippen LogP contribution is 2.33. The molecule has 0 spiro atoms. The van der Waals surface area contributed by atoms with Crippen LogP contribution in [0.25, 0.3) is 0 Å². The third kappa shape index (κ3) is 4.14. The molecule has 0 N–H and O–H groups in total. The van der Waals surface area contributed by atoms with E-state index in [1.807, 2.05) is 19.1 Å². The second kappa shape index (κ2) is 6.97. The van der Waals surface area contributed by atoms with Crippen molar-refractivity contribution in [2.45, 2.75) is 30.5 Å². The van der Waals surface area contributed by atoms with Gasteiger partial charge in [-0.05, 0) is 43.2 Å². The number of carbonyl (C=O) groups excluding carboxylic acids is 1. The number of anilines is 1. The molecule has 2 aromatic carbocycles. The highest BCUT2D eigenvalue weighted by Gasteiger charge is 2.33. The summed E-state index contributed by atoms with van der Waals surface area (Å²) in [5.41, 5.74) is 1.78. The molecular formula is C18H16F3NO4S. The van der Waals surface area contributed by atoms with Gasteiger partial charge in [0.15, 0.2) is 6.61 Å². The maximum Gasteiger partial charge on any atom is 0.413 e. The van der Waals surface area contributed by atoms with Crippen LogP contribution in [0.5, 0.6) is 0 Å². The minimum atomic E-state index is -4.78. The predicted octanol–water partition coefficient (Wildman–Crippen LogP) is 3.55. The van der Waals surface area contributed by atoms with E-state index in [1.54, 1.807) is 17.0 Å². The van der Waals surface area contributed by atoms with E-state index in [4.69, 9.17) is 0 Å². The summed E-state index contributed by atoms with van der Waals surface area (Å²) in [6.07, 6.45) is -4.12. The number of carbonyl (C=O) groups is 1. The fourth-order valence-corrected chi connectivity index (χ4v) is 3.95. The Morgan fingerprint density at radius 1 is 1.19 bits per heavy atom. The van der Waals surface area contributed by atoms with Crippen molar-refractivity contribution < 1.29 is 30.6 Å². The third-order valence-corrected chi connectivity index (χ3v) is 5.43. The Balaban J connectivity index is 1.89. The highest BCUT2D eigenvalue weighted by atomic mass is 32.2. The first kappa shape index (κ1) is 19.4. The van der Waals surface area contributed by atoms with E-state index in [0.29, 0.717) is 6.42 Å². The van der Waals surface area contributed by atoms with E-state index in [0.717, 1.165) is 23.4 Å². The van der Waals surface area contributed by atoms with Gasteiger partial charge >= 0.3 is 6.18 Å². The minimum Gasteiger partial charge on any atom is -0.305 e. The maximum atomic E-state index is 12.9. The predicted molar refractivity (Wildman–Crippen MR) is 92.1 cm³/mol. The molecule has 1 aliphatic heterocycles. The number of rotatable bonds is 4. The second-order valence-corrected chi connectivity index (χ2v) is 7.83. The Morgan fingerprint density at radius 3 is 2.59 bits per heavy atom. The topological polar surface area (TPSA) is 63.7 Å². The molecule has 144 valence electrons. The number of alkyl halides is 3. The molecule has 0 radical (unpaired) electrons. The zero-order chi connectivity index (χ0) is 19.8. The van der Waals surface area contributed by atoms with E-state index in [2.05, 4.69) is 4.18 Å². The summed E-state index contributed by atoms with van der Waals surface area (Å²) in [7, 11) is -4.64. The first-order valence-electron chi connectivity index (χ1n) is 8.06. The van der Waals surface area contributed by atoms with Crippen LogP contribution >= 0.6 is 0 Å². The number of para-hydroxylation sites is 1. The van der Waals surface area contributed by atoms with Crippen LogP contribution in [0.15, 0.2) is 53.4 Å². The smallest absolute Gasteiger partial charge is 0.305 e. The van der Waals surface area contributed by atoms with Crippen LogP contribution in [0.1, 0.15) is 22.8 Å². The zero-order valence-corrected chi connectivity index (χ0v) is 15.0. The standard InChI is InChI=1S/C18H16F3NO4S/c1-12-9-13-5-2-3-8-16(13)22(12)17(23)14-6-4-7-15(10-14)27(24,25)26-11-18(19,20)21/h2-8,10,12H,9,11H2,1H3/t12-/m1/s1. The Labute approximate surface area is 154 Å². The van der Waals surface area contributed by atoms with Gasteiger partial charge in [0.05, 0.1) is 4.90 Å². The number of halogens is 3. The van der Waals surface area contributed by atoms with Gasteiger partial charge in [0.25, 0.3) is 16.0 Å². The molecule has 0 aliphatic carbocycles. The van der Waals surface area contributed by atoms with Gasteiger partial charge < -0.3 is 4.90 Å². The lowest BCUT2D eigenvalue weighted by atomic mass is 10.1. The van der Waals surface area contributed by atoms with E-state index >= 15 is 0 Å². The van der Waals surface area contributed by atoms with Crippen molar-refractivity contribution in [3.63, 3.8) is 0 Å². The first-order chi connectivity index (χ1) is 12.6. The Hall–Kier alpha value is -2.39. The molecular weight excluding hydrogens is 383 g/mol. The monoisotopic (exact) mass is 399 g/mol. The highest BCUT2D eigenvalue weighted by molar-refractivity contribution is 7.86. The molecule has 1 atom stereocenters. The largest absolute Gasteiger partial charge is 0.413 e. The number of fused-ring (bicyclic) bond motifs is 1. The Morgan fingerprint density at radius 2 is 1.89 bits per heavy atom. The number of benzene rings is 2. The van der Waals surface area contributed by atoms with Gasteiger partial charge in [-0.1, -0.05) is 24.3 Å². The molecule has 0 unspecified atom stereocenters. The van der Waals surface area contributed by atoms with Crippen molar-refractivity contribution in [3.05, 3.63) is 59.7 Å². The van der Waals surface area contributed by atoms with Crippen molar-refractivity contribution in [3.8, 4) is 0 Å². The van der Waals surface area contributed by atoms with E-state index in [-0.39, 0.29) is 11.6 Å². The summed E-state index contributed by atoms with van der Waals surface area (Å²) in [6.45, 7) is -0.0605. The normalized spacial score (nSPS) is 17.0. The lowest BCUT2D eigenvalue weighted by Crippen LogP contribution is -2.35. The van der Waals surface area contributed by atoms with Crippen LogP contribution in [0.4, 0.5) is 18.9 Å². The zero-order valence-electron chi connectivity index (χ0n) is 14.2. The Kier molecular flexibility index (Phi) is 5.00. The molecule has 0 saturated carbocycles. The number of hydrogen-bond donors (Lipinski definition) is 0. The fraction of sp³-hybridized carbons (Fsp3) is 0.278. The summed E-state index contributed by atoms with van der Waals surface area (Å²) in [5, 5.41) is 0. The minimum absolute atomic E-state index is 0.0511. The van der Waals surface area contributed by atoms with Crippen molar-refractivity contribution in [1.29, 1.82) is 0 Å². The van der Waals surface area contributed by atoms with Gasteiger partial charge in [-0.15, -0.1) is 0 Å². The molecule has 0 fully saturated rings. The van der Waals surface area contributed by atoms with Crippen LogP contribution < -0.4 is 4.90 Å². The second-order valence-electron chi connectivity index (χ2n) is 6.22. The molecule has 0 bridgehead atoms. The lowest BCUT2D eigenvalue weighted by molar-refractivity contribution is -0.152. The van der Waals surface area contributed by atoms with Gasteiger partial charge in [-0.25, -0.2) is 0 Å². The molecule has 1 amide bonds. The van der Waals surface area contributed by atoms with E-state index < -0.39 is 33.7 Å². The molecule has 1 heterocycles. The fourth-order valence-electron chi connectivity index (χ4n) is 3.01. The molecule has 1 aliphatic rings. The number of amides is 1. The van der Waals surface area contributed by atoms with Crippen LogP contribution in [0.2, 0.25) is 0 Å². The number of hydrogen-bond acceptors (Lipinski definition) is 4. The first-order valence-corrected chi connectivity index (χ1v) is 9.47. The summed E-state index contributed by atoms with van der Waals surface area (Å²) in [4.78, 5) is 14.0. The quantitative estimate of drug-likeness (QED) is 0.738. The molecule has 2 aromatic rings. The van der Waals surface area contributed by atoms with Crippen molar-refractivity contribution in [2.24, 2.45) is 0 Å². The van der Waals surface area contributed by atoms with Gasteiger partial charge in [-0.3, -0.25) is 8.98 Å². The number of nitrogens with zero attached hydrogens (tertiary/aromatic N) is 1. The Bertz CT molecular complexity index is 973. The van der Waals surface area contributed by atoms with Crippen molar-refractivity contribution >= 4 is 21.7 Å². The van der Waals surface area contributed by atoms with Crippen LogP contribution in [-0.4, -0.2) is 33.1 Å². The summed E-state index contributed by atoms with van der Waals surface area (Å²) < 4.78 is 64.8. The van der Waals surface area contributed by atoms with Crippen LogP contribution in [-0.2, 0) is 20.7 Å². The summed E-state index contributed by atoms with van der Waals surface area (Å²) in [6, 6.07) is 12.1. The average molecular weight is 399 g/mol. The van der Waals surface area contributed by atoms with Gasteiger partial charge in [0, 0.05) is 17.3 Å². The molecule has 9 heteroatoms. The van der Waals surface area contributed by atoms with Crippen molar-refractivity contribution in [2.75, 3.05) is 11.5 Å².